The number of fused-ring (bicyclic) bond motifs is 1. The second-order valence-corrected chi connectivity index (χ2v) is 7.09. The number of hydrogen-bond acceptors (Lipinski definition) is 3. The Kier molecular flexibility index (Phi) is 3.65. The van der Waals surface area contributed by atoms with Crippen LogP contribution in [-0.2, 0) is 21.8 Å². The smallest absolute Gasteiger partial charge is 0.243 e. The maximum atomic E-state index is 11.8. The normalized spacial score (nSPS) is 16.5. The highest BCUT2D eigenvalue weighted by Gasteiger charge is 2.29. The van der Waals surface area contributed by atoms with Crippen LogP contribution in [-0.4, -0.2) is 21.1 Å². The van der Waals surface area contributed by atoms with Crippen molar-refractivity contribution in [3.05, 3.63) is 11.3 Å². The largest absolute Gasteiger partial charge is 0.309 e. The van der Waals surface area contributed by atoms with E-state index in [-0.39, 0.29) is 11.4 Å². The molecule has 0 unspecified atom stereocenters. The molecule has 0 saturated heterocycles. The molecule has 0 saturated carbocycles. The Bertz CT molecular complexity index is 476. The lowest BCUT2D eigenvalue weighted by Gasteiger charge is -2.23. The van der Waals surface area contributed by atoms with E-state index in [9.17, 15) is 4.79 Å². The van der Waals surface area contributed by atoms with Crippen molar-refractivity contribution in [1.29, 1.82) is 0 Å². The summed E-state index contributed by atoms with van der Waals surface area (Å²) in [6, 6.07) is 0. The number of hydrogen-bond donors (Lipinski definition) is 1. The van der Waals surface area contributed by atoms with E-state index in [0.717, 1.165) is 28.6 Å². The first kappa shape index (κ1) is 13.7. The third-order valence-electron chi connectivity index (χ3n) is 2.79. The van der Waals surface area contributed by atoms with Crippen LogP contribution in [0.5, 0.6) is 0 Å². The van der Waals surface area contributed by atoms with E-state index in [2.05, 4.69) is 31.2 Å². The van der Waals surface area contributed by atoms with Crippen molar-refractivity contribution < 1.29 is 4.79 Å². The van der Waals surface area contributed by atoms with Crippen LogP contribution < -0.4 is 5.32 Å². The molecule has 1 amide bonds. The standard InChI is InChI=1S/C12H18ClN3OS/c1-7(13)11(17)14-10-8-5-18-6-9(8)15-16(10)12(2,3)4/h7H,5-6H2,1-4H3,(H,14,17)/t7-/m0/s1. The SMILES string of the molecule is C[C@H](Cl)C(=O)Nc1c2c(nn1C(C)(C)C)CSC2. The summed E-state index contributed by atoms with van der Waals surface area (Å²) in [4.78, 5) is 11.8. The zero-order valence-corrected chi connectivity index (χ0v) is 12.7. The molecule has 1 N–H and O–H groups in total. The van der Waals surface area contributed by atoms with Crippen molar-refractivity contribution >= 4 is 35.1 Å². The fraction of sp³-hybridized carbons (Fsp3) is 0.667. The summed E-state index contributed by atoms with van der Waals surface area (Å²) in [5, 5.41) is 6.98. The Balaban J connectivity index is 2.40. The molecule has 100 valence electrons. The third kappa shape index (κ3) is 2.52. The molecule has 0 radical (unpaired) electrons. The number of nitrogens with one attached hydrogen (secondary N) is 1. The number of amides is 1. The van der Waals surface area contributed by atoms with Gasteiger partial charge in [0.1, 0.15) is 11.2 Å². The Labute approximate surface area is 116 Å². The molecule has 0 aliphatic carbocycles. The number of carbonyl (C=O) groups excluding carboxylic acids is 1. The first-order valence-electron chi connectivity index (χ1n) is 5.94. The van der Waals surface area contributed by atoms with Gasteiger partial charge in [-0.3, -0.25) is 4.79 Å². The number of halogens is 1. The van der Waals surface area contributed by atoms with Gasteiger partial charge in [0.25, 0.3) is 0 Å². The van der Waals surface area contributed by atoms with E-state index in [1.54, 1.807) is 6.92 Å². The lowest BCUT2D eigenvalue weighted by atomic mass is 10.1. The molecule has 0 spiro atoms. The van der Waals surface area contributed by atoms with E-state index in [0.29, 0.717) is 0 Å². The van der Waals surface area contributed by atoms with Gasteiger partial charge in [-0.15, -0.1) is 11.6 Å². The fourth-order valence-corrected chi connectivity index (χ4v) is 2.93. The Morgan fingerprint density at radius 1 is 1.50 bits per heavy atom. The quantitative estimate of drug-likeness (QED) is 0.851. The average Bonchev–Trinajstić information content (AvgIpc) is 2.78. The van der Waals surface area contributed by atoms with Crippen molar-refractivity contribution in [3.63, 3.8) is 0 Å². The molecule has 18 heavy (non-hydrogen) atoms. The van der Waals surface area contributed by atoms with E-state index < -0.39 is 5.38 Å². The summed E-state index contributed by atoms with van der Waals surface area (Å²) in [6.07, 6.45) is 0. The van der Waals surface area contributed by atoms with Crippen molar-refractivity contribution in [2.75, 3.05) is 5.32 Å². The fourth-order valence-electron chi connectivity index (χ4n) is 1.84. The van der Waals surface area contributed by atoms with Crippen LogP contribution in [0.4, 0.5) is 5.82 Å². The van der Waals surface area contributed by atoms with E-state index >= 15 is 0 Å². The third-order valence-corrected chi connectivity index (χ3v) is 3.96. The zero-order chi connectivity index (χ0) is 13.5. The summed E-state index contributed by atoms with van der Waals surface area (Å²) in [5.74, 6) is 2.44. The van der Waals surface area contributed by atoms with Crippen LogP contribution in [0.15, 0.2) is 0 Å². The predicted octanol–water partition coefficient (Wildman–Crippen LogP) is 2.95. The topological polar surface area (TPSA) is 46.9 Å². The number of carbonyl (C=O) groups is 1. The molecule has 1 atom stereocenters. The number of thioether (sulfide) groups is 1. The van der Waals surface area contributed by atoms with E-state index in [1.165, 1.54) is 0 Å². The molecule has 0 bridgehead atoms. The van der Waals surface area contributed by atoms with Gasteiger partial charge in [0.2, 0.25) is 5.91 Å². The maximum absolute atomic E-state index is 11.8. The molecule has 1 aliphatic rings. The van der Waals surface area contributed by atoms with Crippen molar-refractivity contribution in [2.24, 2.45) is 0 Å². The lowest BCUT2D eigenvalue weighted by molar-refractivity contribution is -0.115. The number of rotatable bonds is 2. The van der Waals surface area contributed by atoms with Gasteiger partial charge in [-0.25, -0.2) is 4.68 Å². The van der Waals surface area contributed by atoms with Gasteiger partial charge in [-0.1, -0.05) is 0 Å². The molecule has 2 heterocycles. The highest BCUT2D eigenvalue weighted by molar-refractivity contribution is 7.98. The number of nitrogens with zero attached hydrogens (tertiary/aromatic N) is 2. The van der Waals surface area contributed by atoms with Gasteiger partial charge < -0.3 is 5.32 Å². The average molecular weight is 288 g/mol. The van der Waals surface area contributed by atoms with Gasteiger partial charge >= 0.3 is 0 Å². The molecule has 0 aromatic carbocycles. The summed E-state index contributed by atoms with van der Waals surface area (Å²) in [6.45, 7) is 7.88. The zero-order valence-electron chi connectivity index (χ0n) is 11.1. The molecule has 1 aromatic heterocycles. The van der Waals surface area contributed by atoms with Gasteiger partial charge in [0.05, 0.1) is 11.2 Å². The van der Waals surface area contributed by atoms with Crippen LogP contribution in [0.25, 0.3) is 0 Å². The van der Waals surface area contributed by atoms with Crippen LogP contribution in [0.1, 0.15) is 39.0 Å². The van der Waals surface area contributed by atoms with Gasteiger partial charge in [-0.05, 0) is 27.7 Å². The second-order valence-electron chi connectivity index (χ2n) is 5.45. The summed E-state index contributed by atoms with van der Waals surface area (Å²) >= 11 is 7.63. The number of anilines is 1. The Hall–Kier alpha value is -0.680. The Morgan fingerprint density at radius 3 is 2.72 bits per heavy atom. The number of alkyl halides is 1. The van der Waals surface area contributed by atoms with E-state index in [1.807, 2.05) is 16.4 Å². The lowest BCUT2D eigenvalue weighted by Crippen LogP contribution is -2.29. The van der Waals surface area contributed by atoms with Gasteiger partial charge in [0.15, 0.2) is 0 Å². The molecule has 2 rings (SSSR count). The first-order valence-corrected chi connectivity index (χ1v) is 7.53. The highest BCUT2D eigenvalue weighted by atomic mass is 35.5. The summed E-state index contributed by atoms with van der Waals surface area (Å²) < 4.78 is 1.90. The maximum Gasteiger partial charge on any atom is 0.243 e. The molecular formula is C12H18ClN3OS. The first-order chi connectivity index (χ1) is 8.30. The van der Waals surface area contributed by atoms with Crippen molar-refractivity contribution in [1.82, 2.24) is 9.78 Å². The van der Waals surface area contributed by atoms with E-state index in [4.69, 9.17) is 11.6 Å². The molecule has 4 nitrogen and oxygen atoms in total. The van der Waals surface area contributed by atoms with Crippen LogP contribution in [0.2, 0.25) is 0 Å². The van der Waals surface area contributed by atoms with Gasteiger partial charge in [-0.2, -0.15) is 16.9 Å². The molecule has 0 fully saturated rings. The second kappa shape index (κ2) is 4.78. The molecule has 1 aromatic rings. The minimum atomic E-state index is -0.543. The highest BCUT2D eigenvalue weighted by Crippen LogP contribution is 2.37. The van der Waals surface area contributed by atoms with Crippen molar-refractivity contribution in [2.45, 2.75) is 50.1 Å². The van der Waals surface area contributed by atoms with Crippen LogP contribution >= 0.6 is 23.4 Å². The Morgan fingerprint density at radius 2 is 2.17 bits per heavy atom. The minimum absolute atomic E-state index is 0.160. The summed E-state index contributed by atoms with van der Waals surface area (Å²) in [7, 11) is 0. The minimum Gasteiger partial charge on any atom is -0.309 e. The predicted molar refractivity (Wildman–Crippen MR) is 76.2 cm³/mol. The molecule has 1 aliphatic heterocycles. The monoisotopic (exact) mass is 287 g/mol. The molecule has 6 heteroatoms. The van der Waals surface area contributed by atoms with Crippen molar-refractivity contribution in [3.8, 4) is 0 Å². The van der Waals surface area contributed by atoms with Crippen LogP contribution in [0, 0.1) is 0 Å². The number of aromatic nitrogens is 2. The van der Waals surface area contributed by atoms with Gasteiger partial charge in [0, 0.05) is 17.1 Å². The van der Waals surface area contributed by atoms with Crippen LogP contribution in [0.3, 0.4) is 0 Å². The molecular weight excluding hydrogens is 270 g/mol. The summed E-state index contributed by atoms with van der Waals surface area (Å²) in [5.41, 5.74) is 2.06.